The van der Waals surface area contributed by atoms with Crippen LogP contribution in [0.15, 0.2) is 52.8 Å². The number of rotatable bonds is 5. The van der Waals surface area contributed by atoms with E-state index in [2.05, 4.69) is 5.32 Å². The van der Waals surface area contributed by atoms with Gasteiger partial charge < -0.3 is 14.5 Å². The number of nitrogens with one attached hydrogen (secondary N) is 1. The van der Waals surface area contributed by atoms with E-state index in [1.807, 2.05) is 19.1 Å². The molecule has 1 aliphatic heterocycles. The van der Waals surface area contributed by atoms with Gasteiger partial charge in [0, 0.05) is 6.08 Å². The maximum atomic E-state index is 12.4. The van der Waals surface area contributed by atoms with Crippen LogP contribution in [0, 0.1) is 6.92 Å². The minimum Gasteiger partial charge on any atom is -0.495 e. The number of aryl methyl sites for hydroxylation is 1. The number of ether oxygens (including phenoxy) is 1. The third-order valence-corrected chi connectivity index (χ3v) is 3.53. The molecule has 6 nitrogen and oxygen atoms in total. The average Bonchev–Trinajstić information content (AvgIpc) is 3.12. The monoisotopic (exact) mass is 312 g/mol. The van der Waals surface area contributed by atoms with Gasteiger partial charge in [0.2, 0.25) is 0 Å². The predicted octanol–water partition coefficient (Wildman–Crippen LogP) is 2.46. The number of anilines is 1. The van der Waals surface area contributed by atoms with Crippen molar-refractivity contribution in [3.05, 3.63) is 59.7 Å². The van der Waals surface area contributed by atoms with Crippen molar-refractivity contribution in [3.63, 3.8) is 0 Å². The lowest BCUT2D eigenvalue weighted by molar-refractivity contribution is -0.138. The first-order valence-corrected chi connectivity index (χ1v) is 7.10. The lowest BCUT2D eigenvalue weighted by atomic mass is 10.2. The van der Waals surface area contributed by atoms with Crippen LogP contribution in [-0.2, 0) is 16.1 Å². The molecule has 118 valence electrons. The molecule has 0 bridgehead atoms. The minimum absolute atomic E-state index is 0.108. The molecule has 0 atom stereocenters. The highest BCUT2D eigenvalue weighted by Gasteiger charge is 2.32. The Morgan fingerprint density at radius 1 is 1.26 bits per heavy atom. The fraction of sp³-hybridized carbons (Fsp3) is 0.176. The van der Waals surface area contributed by atoms with Crippen molar-refractivity contribution in [2.24, 2.45) is 0 Å². The average molecular weight is 312 g/mol. The van der Waals surface area contributed by atoms with E-state index in [1.54, 1.807) is 25.3 Å². The van der Waals surface area contributed by atoms with Gasteiger partial charge in [-0.25, -0.2) is 0 Å². The van der Waals surface area contributed by atoms with E-state index < -0.39 is 5.91 Å². The van der Waals surface area contributed by atoms with Crippen LogP contribution in [0.2, 0.25) is 0 Å². The molecule has 0 saturated heterocycles. The number of carbonyl (C=O) groups excluding carboxylic acids is 2. The number of hydrogen-bond donors (Lipinski definition) is 1. The predicted molar refractivity (Wildman–Crippen MR) is 83.7 cm³/mol. The fourth-order valence-corrected chi connectivity index (χ4v) is 2.37. The van der Waals surface area contributed by atoms with Gasteiger partial charge in [0.05, 0.1) is 25.6 Å². The topological polar surface area (TPSA) is 71.8 Å². The summed E-state index contributed by atoms with van der Waals surface area (Å²) in [5.74, 6) is 0.381. The van der Waals surface area contributed by atoms with Gasteiger partial charge in [-0.1, -0.05) is 6.07 Å². The van der Waals surface area contributed by atoms with Crippen LogP contribution < -0.4 is 10.1 Å². The normalized spacial score (nSPS) is 14.2. The van der Waals surface area contributed by atoms with Crippen LogP contribution >= 0.6 is 0 Å². The molecular formula is C17H16N2O4. The molecule has 6 heteroatoms. The number of amides is 2. The van der Waals surface area contributed by atoms with E-state index in [9.17, 15) is 9.59 Å². The fourth-order valence-electron chi connectivity index (χ4n) is 2.37. The Bertz CT molecular complexity index is 778. The SMILES string of the molecule is COc1ccc(C)cc1NC1=CC(=O)N(Cc2ccco2)C1=O. The first kappa shape index (κ1) is 14.9. The molecule has 1 aliphatic rings. The van der Waals surface area contributed by atoms with E-state index >= 15 is 0 Å². The van der Waals surface area contributed by atoms with Crippen LogP contribution in [0.5, 0.6) is 5.75 Å². The van der Waals surface area contributed by atoms with Gasteiger partial charge in [-0.15, -0.1) is 0 Å². The highest BCUT2D eigenvalue weighted by molar-refractivity contribution is 6.17. The summed E-state index contributed by atoms with van der Waals surface area (Å²) in [6, 6.07) is 9.00. The Morgan fingerprint density at radius 3 is 2.78 bits per heavy atom. The van der Waals surface area contributed by atoms with Crippen LogP contribution in [0.25, 0.3) is 0 Å². The first-order valence-electron chi connectivity index (χ1n) is 7.10. The summed E-state index contributed by atoms with van der Waals surface area (Å²) < 4.78 is 10.5. The Labute approximate surface area is 133 Å². The van der Waals surface area contributed by atoms with Gasteiger partial charge in [0.15, 0.2) is 0 Å². The van der Waals surface area contributed by atoms with Crippen molar-refractivity contribution in [2.45, 2.75) is 13.5 Å². The minimum atomic E-state index is -0.394. The first-order chi connectivity index (χ1) is 11.1. The molecule has 3 rings (SSSR count). The number of carbonyl (C=O) groups is 2. The number of benzene rings is 1. The summed E-state index contributed by atoms with van der Waals surface area (Å²) in [5, 5.41) is 2.98. The molecule has 0 fully saturated rings. The molecule has 1 aromatic carbocycles. The van der Waals surface area contributed by atoms with Gasteiger partial charge >= 0.3 is 0 Å². The van der Waals surface area contributed by atoms with Gasteiger partial charge in [-0.2, -0.15) is 0 Å². The van der Waals surface area contributed by atoms with Crippen LogP contribution in [-0.4, -0.2) is 23.8 Å². The molecule has 0 radical (unpaired) electrons. The van der Waals surface area contributed by atoms with E-state index in [-0.39, 0.29) is 18.1 Å². The number of hydrogen-bond acceptors (Lipinski definition) is 5. The second kappa shape index (κ2) is 6.00. The van der Waals surface area contributed by atoms with Gasteiger partial charge in [0.1, 0.15) is 17.2 Å². The number of methoxy groups -OCH3 is 1. The van der Waals surface area contributed by atoms with E-state index in [0.717, 1.165) is 10.5 Å². The molecule has 2 heterocycles. The van der Waals surface area contributed by atoms with Gasteiger partial charge in [-0.05, 0) is 36.8 Å². The zero-order chi connectivity index (χ0) is 16.4. The summed E-state index contributed by atoms with van der Waals surface area (Å²) in [5.41, 5.74) is 1.86. The molecule has 2 aromatic rings. The summed E-state index contributed by atoms with van der Waals surface area (Å²) >= 11 is 0. The molecule has 0 spiro atoms. The van der Waals surface area contributed by atoms with Crippen molar-refractivity contribution < 1.29 is 18.7 Å². The van der Waals surface area contributed by atoms with Crippen molar-refractivity contribution in [1.29, 1.82) is 0 Å². The maximum Gasteiger partial charge on any atom is 0.277 e. The lowest BCUT2D eigenvalue weighted by Gasteiger charge is -2.15. The molecule has 1 N–H and O–H groups in total. The van der Waals surface area contributed by atoms with Crippen LogP contribution in [0.1, 0.15) is 11.3 Å². The summed E-state index contributed by atoms with van der Waals surface area (Å²) in [6.45, 7) is 2.04. The Kier molecular flexibility index (Phi) is 3.89. The maximum absolute atomic E-state index is 12.4. The second-order valence-electron chi connectivity index (χ2n) is 5.20. The zero-order valence-electron chi connectivity index (χ0n) is 12.8. The van der Waals surface area contributed by atoms with Crippen molar-refractivity contribution >= 4 is 17.5 Å². The van der Waals surface area contributed by atoms with E-state index in [1.165, 1.54) is 12.3 Å². The van der Waals surface area contributed by atoms with Crippen LogP contribution in [0.3, 0.4) is 0 Å². The smallest absolute Gasteiger partial charge is 0.277 e. The molecule has 1 aromatic heterocycles. The van der Waals surface area contributed by atoms with Gasteiger partial charge in [-0.3, -0.25) is 14.5 Å². The molecular weight excluding hydrogens is 296 g/mol. The standard InChI is InChI=1S/C17H16N2O4/c1-11-5-6-15(22-2)13(8-11)18-14-9-16(20)19(17(14)21)10-12-4-3-7-23-12/h3-9,18H,10H2,1-2H3. The summed E-state index contributed by atoms with van der Waals surface area (Å²) in [6.07, 6.45) is 2.79. The number of imide groups is 1. The zero-order valence-corrected chi connectivity index (χ0v) is 12.8. The Balaban J connectivity index is 1.79. The van der Waals surface area contributed by atoms with Crippen molar-refractivity contribution in [3.8, 4) is 5.75 Å². The Hall–Kier alpha value is -3.02. The highest BCUT2D eigenvalue weighted by atomic mass is 16.5. The van der Waals surface area contributed by atoms with Crippen molar-refractivity contribution in [1.82, 2.24) is 4.90 Å². The van der Waals surface area contributed by atoms with Crippen molar-refractivity contribution in [2.75, 3.05) is 12.4 Å². The Morgan fingerprint density at radius 2 is 2.09 bits per heavy atom. The second-order valence-corrected chi connectivity index (χ2v) is 5.20. The third kappa shape index (κ3) is 2.96. The third-order valence-electron chi connectivity index (χ3n) is 3.53. The number of furan rings is 1. The molecule has 0 saturated carbocycles. The van der Waals surface area contributed by atoms with Crippen LogP contribution in [0.4, 0.5) is 5.69 Å². The van der Waals surface area contributed by atoms with Gasteiger partial charge in [0.25, 0.3) is 11.8 Å². The summed E-state index contributed by atoms with van der Waals surface area (Å²) in [4.78, 5) is 25.6. The number of nitrogens with zero attached hydrogens (tertiary/aromatic N) is 1. The summed E-state index contributed by atoms with van der Waals surface area (Å²) in [7, 11) is 1.55. The molecule has 0 aliphatic carbocycles. The molecule has 0 unspecified atom stereocenters. The largest absolute Gasteiger partial charge is 0.495 e. The lowest BCUT2D eigenvalue weighted by Crippen LogP contribution is -2.31. The van der Waals surface area contributed by atoms with E-state index in [4.69, 9.17) is 9.15 Å². The molecule has 2 amide bonds. The quantitative estimate of drug-likeness (QED) is 0.859. The van der Waals surface area contributed by atoms with E-state index in [0.29, 0.717) is 17.2 Å². The molecule has 23 heavy (non-hydrogen) atoms. The highest BCUT2D eigenvalue weighted by Crippen LogP contribution is 2.28.